The topological polar surface area (TPSA) is 78.0 Å². The van der Waals surface area contributed by atoms with Gasteiger partial charge in [-0.3, -0.25) is 0 Å². The summed E-state index contributed by atoms with van der Waals surface area (Å²) in [6, 6.07) is 11.2. The third-order valence-corrected chi connectivity index (χ3v) is 6.75. The molecule has 0 atom stereocenters. The van der Waals surface area contributed by atoms with Crippen LogP contribution in [0, 0.1) is 5.82 Å². The highest BCUT2D eigenvalue weighted by molar-refractivity contribution is 9.10. The number of nitrogens with zero attached hydrogens (tertiary/aromatic N) is 3. The minimum Gasteiger partial charge on any atom is -0.471 e. The fraction of sp³-hybridized carbons (Fsp3) is 0.0526. The summed E-state index contributed by atoms with van der Waals surface area (Å²) in [7, 11) is -3.70. The number of sulfone groups is 1. The molecule has 4 aromatic rings. The highest BCUT2D eigenvalue weighted by Crippen LogP contribution is 2.31. The van der Waals surface area contributed by atoms with Crippen LogP contribution in [0.2, 0.25) is 5.02 Å². The molecule has 0 bridgehead atoms. The van der Waals surface area contributed by atoms with Crippen LogP contribution >= 0.6 is 27.5 Å². The Kier molecular flexibility index (Phi) is 5.28. The van der Waals surface area contributed by atoms with Gasteiger partial charge in [-0.2, -0.15) is 0 Å². The summed E-state index contributed by atoms with van der Waals surface area (Å²) in [5.74, 6) is -1.06. The molecule has 0 saturated carbocycles. The lowest BCUT2D eigenvalue weighted by molar-refractivity contribution is 0.556. The van der Waals surface area contributed by atoms with Crippen molar-refractivity contribution in [2.45, 2.75) is 10.6 Å². The number of hydrogen-bond donors (Lipinski definition) is 0. The number of furan rings is 1. The fourth-order valence-corrected chi connectivity index (χ4v) is 4.84. The largest absolute Gasteiger partial charge is 0.471 e. The molecule has 0 aliphatic rings. The van der Waals surface area contributed by atoms with Gasteiger partial charge >= 0.3 is 0 Å². The molecule has 2 heterocycles. The average Bonchev–Trinajstić information content (AvgIpc) is 3.37. The Bertz CT molecular complexity index is 1290. The van der Waals surface area contributed by atoms with Gasteiger partial charge in [0.15, 0.2) is 9.84 Å². The molecular weight excluding hydrogens is 485 g/mol. The third kappa shape index (κ3) is 3.98. The van der Waals surface area contributed by atoms with Crippen LogP contribution in [0.1, 0.15) is 5.56 Å². The first-order valence-electron chi connectivity index (χ1n) is 8.25. The van der Waals surface area contributed by atoms with Crippen molar-refractivity contribution in [3.63, 3.8) is 0 Å². The zero-order valence-corrected chi connectivity index (χ0v) is 17.7. The summed E-state index contributed by atoms with van der Waals surface area (Å²) in [4.78, 5) is 0.0251. The van der Waals surface area contributed by atoms with E-state index in [2.05, 4.69) is 26.2 Å². The van der Waals surface area contributed by atoms with Crippen LogP contribution in [0.4, 0.5) is 4.39 Å². The van der Waals surface area contributed by atoms with Crippen molar-refractivity contribution in [3.05, 3.63) is 82.1 Å². The molecule has 29 heavy (non-hydrogen) atoms. The molecule has 0 aliphatic carbocycles. The van der Waals surface area contributed by atoms with E-state index in [9.17, 15) is 12.8 Å². The number of hydrogen-bond acceptors (Lipinski definition) is 5. The lowest BCUT2D eigenvalue weighted by Gasteiger charge is -2.10. The van der Waals surface area contributed by atoms with Crippen molar-refractivity contribution in [2.75, 3.05) is 0 Å². The van der Waals surface area contributed by atoms with Gasteiger partial charge < -0.3 is 4.42 Å². The molecule has 0 saturated heterocycles. The normalized spacial score (nSPS) is 11.7. The van der Waals surface area contributed by atoms with E-state index in [0.717, 1.165) is 22.4 Å². The lowest BCUT2D eigenvalue weighted by Crippen LogP contribution is -2.07. The molecule has 0 unspecified atom stereocenters. The van der Waals surface area contributed by atoms with Gasteiger partial charge in [-0.25, -0.2) is 17.5 Å². The van der Waals surface area contributed by atoms with Crippen molar-refractivity contribution < 1.29 is 17.2 Å². The zero-order chi connectivity index (χ0) is 20.6. The van der Waals surface area contributed by atoms with Gasteiger partial charge in [-0.15, -0.1) is 5.10 Å². The summed E-state index contributed by atoms with van der Waals surface area (Å²) < 4.78 is 46.5. The van der Waals surface area contributed by atoms with E-state index in [1.807, 2.05) is 24.3 Å². The Morgan fingerprint density at radius 1 is 1.21 bits per heavy atom. The van der Waals surface area contributed by atoms with Crippen molar-refractivity contribution in [2.24, 2.45) is 0 Å². The monoisotopic (exact) mass is 495 g/mol. The van der Waals surface area contributed by atoms with Gasteiger partial charge in [0.1, 0.15) is 28.4 Å². The Hall–Kier alpha value is -2.49. The molecule has 0 aliphatic heterocycles. The van der Waals surface area contributed by atoms with Crippen LogP contribution in [0.25, 0.3) is 16.9 Å². The molecule has 0 amide bonds. The van der Waals surface area contributed by atoms with E-state index in [0.29, 0.717) is 5.69 Å². The van der Waals surface area contributed by atoms with Crippen molar-refractivity contribution in [3.8, 4) is 16.9 Å². The van der Waals surface area contributed by atoms with E-state index >= 15 is 0 Å². The van der Waals surface area contributed by atoms with Crippen molar-refractivity contribution >= 4 is 37.4 Å². The first kappa shape index (κ1) is 19.8. The van der Waals surface area contributed by atoms with Crippen LogP contribution < -0.4 is 0 Å². The smallest absolute Gasteiger partial charge is 0.185 e. The minimum absolute atomic E-state index is 0.0251. The Morgan fingerprint density at radius 2 is 2.03 bits per heavy atom. The number of aromatic nitrogens is 3. The SMILES string of the molecule is O=S(=O)(Cc1ccc(F)c(-n2cc(-c3cccc(Br)c3)nn2)c1Cl)c1ccoc1. The molecule has 2 aromatic heterocycles. The highest BCUT2D eigenvalue weighted by atomic mass is 79.9. The molecular formula is C19H12BrClFN3O3S. The van der Waals surface area contributed by atoms with Gasteiger partial charge in [-0.05, 0) is 29.8 Å². The molecule has 10 heteroatoms. The maximum absolute atomic E-state index is 14.6. The quantitative estimate of drug-likeness (QED) is 0.386. The van der Waals surface area contributed by atoms with E-state index in [4.69, 9.17) is 16.0 Å². The molecule has 0 fully saturated rings. The Morgan fingerprint density at radius 3 is 2.76 bits per heavy atom. The second-order valence-corrected chi connectivity index (χ2v) is 9.43. The average molecular weight is 497 g/mol. The van der Waals surface area contributed by atoms with Crippen LogP contribution in [0.5, 0.6) is 0 Å². The first-order valence-corrected chi connectivity index (χ1v) is 11.1. The van der Waals surface area contributed by atoms with E-state index in [1.165, 1.54) is 29.3 Å². The van der Waals surface area contributed by atoms with Crippen molar-refractivity contribution in [1.82, 2.24) is 15.0 Å². The number of benzene rings is 2. The van der Waals surface area contributed by atoms with Gasteiger partial charge in [0.25, 0.3) is 0 Å². The molecule has 4 rings (SSSR count). The standard InChI is InChI=1S/C19H12BrClFN3O3S/c20-14-3-1-2-12(8-14)17-9-25(24-23-17)19-16(22)5-4-13(18(19)21)11-29(26,27)15-6-7-28-10-15/h1-10H,11H2. The maximum Gasteiger partial charge on any atom is 0.185 e. The highest BCUT2D eigenvalue weighted by Gasteiger charge is 2.22. The van der Waals surface area contributed by atoms with Gasteiger partial charge in [0, 0.05) is 10.0 Å². The van der Waals surface area contributed by atoms with E-state index in [1.54, 1.807) is 0 Å². The van der Waals surface area contributed by atoms with Crippen LogP contribution in [-0.4, -0.2) is 23.4 Å². The molecule has 0 N–H and O–H groups in total. The second-order valence-electron chi connectivity index (χ2n) is 6.15. The summed E-state index contributed by atoms with van der Waals surface area (Å²) in [6.07, 6.45) is 3.93. The van der Waals surface area contributed by atoms with E-state index < -0.39 is 21.4 Å². The molecule has 0 spiro atoms. The summed E-state index contributed by atoms with van der Waals surface area (Å²) in [5, 5.41) is 7.98. The second kappa shape index (κ2) is 7.74. The summed E-state index contributed by atoms with van der Waals surface area (Å²) in [5.41, 5.74) is 1.46. The third-order valence-electron chi connectivity index (χ3n) is 4.19. The fourth-order valence-electron chi connectivity index (χ4n) is 2.77. The Balaban J connectivity index is 1.73. The summed E-state index contributed by atoms with van der Waals surface area (Å²) >= 11 is 9.76. The van der Waals surface area contributed by atoms with Gasteiger partial charge in [0.05, 0.1) is 23.2 Å². The van der Waals surface area contributed by atoms with Gasteiger partial charge in [-0.1, -0.05) is 50.9 Å². The maximum atomic E-state index is 14.6. The first-order chi connectivity index (χ1) is 13.8. The van der Waals surface area contributed by atoms with Crippen LogP contribution in [0.3, 0.4) is 0 Å². The predicted octanol–water partition coefficient (Wildman–Crippen LogP) is 5.06. The lowest BCUT2D eigenvalue weighted by atomic mass is 10.2. The van der Waals surface area contributed by atoms with Gasteiger partial charge in [0.2, 0.25) is 0 Å². The zero-order valence-electron chi connectivity index (χ0n) is 14.6. The minimum atomic E-state index is -3.70. The number of rotatable bonds is 5. The van der Waals surface area contributed by atoms with Crippen LogP contribution in [0.15, 0.2) is 75.0 Å². The molecule has 2 aromatic carbocycles. The molecule has 6 nitrogen and oxygen atoms in total. The molecule has 0 radical (unpaired) electrons. The van der Waals surface area contributed by atoms with Crippen LogP contribution in [-0.2, 0) is 15.6 Å². The molecule has 148 valence electrons. The van der Waals surface area contributed by atoms with E-state index in [-0.39, 0.29) is 21.2 Å². The number of halogens is 3. The Labute approximate surface area is 179 Å². The predicted molar refractivity (Wildman–Crippen MR) is 109 cm³/mol. The van der Waals surface area contributed by atoms with Crippen molar-refractivity contribution in [1.29, 1.82) is 0 Å². The summed E-state index contributed by atoms with van der Waals surface area (Å²) in [6.45, 7) is 0.